The molecule has 0 bridgehead atoms. The van der Waals surface area contributed by atoms with Crippen molar-refractivity contribution in [3.8, 4) is 5.75 Å². The van der Waals surface area contributed by atoms with E-state index in [-0.39, 0.29) is 6.61 Å². The van der Waals surface area contributed by atoms with E-state index in [4.69, 9.17) is 20.8 Å². The maximum Gasteiger partial charge on any atom is 0.276 e. The minimum absolute atomic E-state index is 0.257. The minimum Gasteiger partial charge on any atom is -0.484 e. The molecule has 4 nitrogen and oxygen atoms in total. The number of rotatable bonds is 5. The summed E-state index contributed by atoms with van der Waals surface area (Å²) < 4.78 is 10.9. The molecule has 0 atom stereocenters. The highest BCUT2D eigenvalue weighted by Crippen LogP contribution is 2.22. The zero-order valence-corrected chi connectivity index (χ0v) is 11.7. The Kier molecular flexibility index (Phi) is 4.49. The summed E-state index contributed by atoms with van der Waals surface area (Å²) in [4.78, 5) is 0. The number of hydrogen-bond donors (Lipinski definition) is 0. The van der Waals surface area contributed by atoms with Gasteiger partial charge < -0.3 is 9.15 Å². The van der Waals surface area contributed by atoms with Crippen LogP contribution in [0.25, 0.3) is 0 Å². The number of benzene rings is 1. The fraction of sp³-hybridized carbons (Fsp3) is 0.333. The Morgan fingerprint density at radius 1 is 1.28 bits per heavy atom. The Labute approximate surface area is 115 Å². The average Bonchev–Trinajstić information content (AvgIpc) is 2.75. The van der Waals surface area contributed by atoms with Gasteiger partial charge in [0.2, 0.25) is 0 Å². The predicted octanol–water partition coefficient (Wildman–Crippen LogP) is 3.80. The third-order valence-electron chi connectivity index (χ3n) is 1.96. The van der Waals surface area contributed by atoms with E-state index < -0.39 is 0 Å². The lowest BCUT2D eigenvalue weighted by Crippen LogP contribution is -1.95. The highest BCUT2D eigenvalue weighted by atomic mass is 35.5. The van der Waals surface area contributed by atoms with Gasteiger partial charge in [-0.1, -0.05) is 37.2 Å². The smallest absolute Gasteiger partial charge is 0.276 e. The molecule has 2 rings (SSSR count). The molecular formula is C12H13ClN2O2S. The van der Waals surface area contributed by atoms with E-state index in [1.807, 2.05) is 0 Å². The molecule has 6 heteroatoms. The second kappa shape index (κ2) is 6.11. The summed E-state index contributed by atoms with van der Waals surface area (Å²) in [6.45, 7) is 4.39. The molecule has 0 N–H and O–H groups in total. The second-order valence-corrected chi connectivity index (χ2v) is 5.84. The van der Waals surface area contributed by atoms with Crippen LogP contribution in [0.5, 0.6) is 5.75 Å². The Morgan fingerprint density at radius 3 is 2.67 bits per heavy atom. The van der Waals surface area contributed by atoms with Crippen LogP contribution in [0.1, 0.15) is 19.7 Å². The van der Waals surface area contributed by atoms with E-state index in [1.54, 1.807) is 24.3 Å². The van der Waals surface area contributed by atoms with E-state index in [9.17, 15) is 0 Å². The van der Waals surface area contributed by atoms with Crippen molar-refractivity contribution in [3.05, 3.63) is 35.2 Å². The van der Waals surface area contributed by atoms with Crippen LogP contribution in [0.3, 0.4) is 0 Å². The molecule has 0 radical (unpaired) electrons. The molecule has 0 unspecified atom stereocenters. The molecular weight excluding hydrogens is 272 g/mol. The second-order valence-electron chi connectivity index (χ2n) is 3.87. The zero-order chi connectivity index (χ0) is 13.0. The van der Waals surface area contributed by atoms with Crippen molar-refractivity contribution in [1.82, 2.24) is 10.2 Å². The van der Waals surface area contributed by atoms with Gasteiger partial charge in [0.1, 0.15) is 5.75 Å². The largest absolute Gasteiger partial charge is 0.484 e. The maximum absolute atomic E-state index is 5.78. The SMILES string of the molecule is CC(C)Sc1nnc(COc2ccc(Cl)cc2)o1. The van der Waals surface area contributed by atoms with Crippen molar-refractivity contribution in [2.75, 3.05) is 0 Å². The van der Waals surface area contributed by atoms with Crippen LogP contribution in [0, 0.1) is 0 Å². The lowest BCUT2D eigenvalue weighted by atomic mass is 10.3. The number of halogens is 1. The Balaban J connectivity index is 1.90. The van der Waals surface area contributed by atoms with Gasteiger partial charge in [0.15, 0.2) is 6.61 Å². The van der Waals surface area contributed by atoms with Crippen LogP contribution in [-0.4, -0.2) is 15.4 Å². The van der Waals surface area contributed by atoms with Crippen LogP contribution < -0.4 is 4.74 Å². The number of aromatic nitrogens is 2. The van der Waals surface area contributed by atoms with E-state index in [0.717, 1.165) is 5.75 Å². The summed E-state index contributed by atoms with van der Waals surface area (Å²) >= 11 is 7.31. The molecule has 96 valence electrons. The molecule has 2 aromatic rings. The predicted molar refractivity (Wildman–Crippen MR) is 71.1 cm³/mol. The van der Waals surface area contributed by atoms with Crippen molar-refractivity contribution in [2.45, 2.75) is 30.9 Å². The van der Waals surface area contributed by atoms with Gasteiger partial charge in [-0.05, 0) is 24.3 Å². The van der Waals surface area contributed by atoms with Crippen molar-refractivity contribution < 1.29 is 9.15 Å². The van der Waals surface area contributed by atoms with Crippen molar-refractivity contribution in [3.63, 3.8) is 0 Å². The lowest BCUT2D eigenvalue weighted by molar-refractivity contribution is 0.252. The molecule has 1 aromatic heterocycles. The van der Waals surface area contributed by atoms with E-state index >= 15 is 0 Å². The Bertz CT molecular complexity index is 499. The lowest BCUT2D eigenvalue weighted by Gasteiger charge is -2.02. The minimum atomic E-state index is 0.257. The van der Waals surface area contributed by atoms with E-state index in [2.05, 4.69) is 24.0 Å². The van der Waals surface area contributed by atoms with Crippen LogP contribution in [0.2, 0.25) is 5.02 Å². The zero-order valence-electron chi connectivity index (χ0n) is 10.1. The molecule has 0 saturated heterocycles. The Morgan fingerprint density at radius 2 is 2.00 bits per heavy atom. The normalized spacial score (nSPS) is 10.9. The molecule has 1 heterocycles. The van der Waals surface area contributed by atoms with E-state index in [0.29, 0.717) is 21.4 Å². The highest BCUT2D eigenvalue weighted by Gasteiger charge is 2.08. The summed E-state index contributed by atoms with van der Waals surface area (Å²) in [5, 5.41) is 9.50. The topological polar surface area (TPSA) is 48.2 Å². The number of nitrogens with zero attached hydrogens (tertiary/aromatic N) is 2. The first-order valence-corrected chi connectivity index (χ1v) is 6.76. The third kappa shape index (κ3) is 3.92. The first-order valence-electron chi connectivity index (χ1n) is 5.51. The third-order valence-corrected chi connectivity index (χ3v) is 3.05. The van der Waals surface area contributed by atoms with Crippen LogP contribution >= 0.6 is 23.4 Å². The molecule has 0 aliphatic heterocycles. The van der Waals surface area contributed by atoms with Crippen molar-refractivity contribution >= 4 is 23.4 Å². The van der Waals surface area contributed by atoms with Crippen molar-refractivity contribution in [1.29, 1.82) is 0 Å². The fourth-order valence-corrected chi connectivity index (χ4v) is 1.98. The van der Waals surface area contributed by atoms with Crippen LogP contribution in [0.15, 0.2) is 33.9 Å². The molecule has 0 fully saturated rings. The first-order chi connectivity index (χ1) is 8.63. The molecule has 0 amide bonds. The first kappa shape index (κ1) is 13.2. The monoisotopic (exact) mass is 284 g/mol. The average molecular weight is 285 g/mol. The summed E-state index contributed by atoms with van der Waals surface area (Å²) in [5.74, 6) is 1.18. The fourth-order valence-electron chi connectivity index (χ4n) is 1.22. The number of hydrogen-bond acceptors (Lipinski definition) is 5. The van der Waals surface area contributed by atoms with Gasteiger partial charge in [-0.25, -0.2) is 0 Å². The van der Waals surface area contributed by atoms with Gasteiger partial charge in [-0.2, -0.15) is 0 Å². The molecule has 0 spiro atoms. The van der Waals surface area contributed by atoms with Gasteiger partial charge in [0, 0.05) is 10.3 Å². The number of ether oxygens (including phenoxy) is 1. The van der Waals surface area contributed by atoms with Crippen molar-refractivity contribution in [2.24, 2.45) is 0 Å². The van der Waals surface area contributed by atoms with Gasteiger partial charge in [-0.3, -0.25) is 0 Å². The maximum atomic E-state index is 5.78. The van der Waals surface area contributed by atoms with Gasteiger partial charge in [-0.15, -0.1) is 10.2 Å². The molecule has 18 heavy (non-hydrogen) atoms. The molecule has 0 saturated carbocycles. The van der Waals surface area contributed by atoms with Crippen LogP contribution in [0.4, 0.5) is 0 Å². The summed E-state index contributed by atoms with van der Waals surface area (Å²) in [6.07, 6.45) is 0. The van der Waals surface area contributed by atoms with E-state index in [1.165, 1.54) is 11.8 Å². The molecule has 1 aromatic carbocycles. The van der Waals surface area contributed by atoms with Gasteiger partial charge >= 0.3 is 0 Å². The number of thioether (sulfide) groups is 1. The van der Waals surface area contributed by atoms with Gasteiger partial charge in [0.25, 0.3) is 11.1 Å². The summed E-state index contributed by atoms with van der Waals surface area (Å²) in [6, 6.07) is 7.13. The standard InChI is InChI=1S/C12H13ClN2O2S/c1-8(2)18-12-15-14-11(17-12)7-16-10-5-3-9(13)4-6-10/h3-6,8H,7H2,1-2H3. The molecule has 0 aliphatic carbocycles. The Hall–Kier alpha value is -1.20. The summed E-state index contributed by atoms with van der Waals surface area (Å²) in [5.41, 5.74) is 0. The quantitative estimate of drug-likeness (QED) is 0.782. The van der Waals surface area contributed by atoms with Gasteiger partial charge in [0.05, 0.1) is 0 Å². The summed E-state index contributed by atoms with van der Waals surface area (Å²) in [7, 11) is 0. The molecule has 0 aliphatic rings. The van der Waals surface area contributed by atoms with Crippen LogP contribution in [-0.2, 0) is 6.61 Å². The highest BCUT2D eigenvalue weighted by molar-refractivity contribution is 7.99.